The van der Waals surface area contributed by atoms with Gasteiger partial charge in [0.05, 0.1) is 13.2 Å². The highest BCUT2D eigenvalue weighted by Crippen LogP contribution is 2.29. The summed E-state index contributed by atoms with van der Waals surface area (Å²) >= 11 is 0. The molecule has 2 aliphatic rings. The Balaban J connectivity index is 1.80. The number of aliphatic carboxylic acids is 1. The molecule has 0 radical (unpaired) electrons. The van der Waals surface area contributed by atoms with Crippen LogP contribution in [0.1, 0.15) is 24.4 Å². The Kier molecular flexibility index (Phi) is 5.65. The maximum Gasteiger partial charge on any atom is 0.303 e. The highest BCUT2D eigenvalue weighted by atomic mass is 19.1. The van der Waals surface area contributed by atoms with Gasteiger partial charge in [-0.05, 0) is 18.4 Å². The van der Waals surface area contributed by atoms with Gasteiger partial charge in [-0.3, -0.25) is 14.5 Å². The number of carbonyl (C=O) groups is 2. The summed E-state index contributed by atoms with van der Waals surface area (Å²) in [6.07, 6.45) is 0.733. The van der Waals surface area contributed by atoms with Crippen molar-refractivity contribution in [2.24, 2.45) is 5.92 Å². The van der Waals surface area contributed by atoms with Crippen molar-refractivity contribution in [1.82, 2.24) is 9.80 Å². The third-order valence-corrected chi connectivity index (χ3v) is 4.91. The summed E-state index contributed by atoms with van der Waals surface area (Å²) in [6.45, 7) is 3.10. The van der Waals surface area contributed by atoms with Crippen LogP contribution < -0.4 is 0 Å². The monoisotopic (exact) mass is 350 g/mol. The molecule has 136 valence electrons. The number of benzene rings is 1. The van der Waals surface area contributed by atoms with Crippen molar-refractivity contribution in [3.63, 3.8) is 0 Å². The minimum absolute atomic E-state index is 0.0348. The number of hydrogen-bond acceptors (Lipinski definition) is 4. The van der Waals surface area contributed by atoms with E-state index in [1.165, 1.54) is 6.07 Å². The van der Waals surface area contributed by atoms with E-state index < -0.39 is 17.8 Å². The molecule has 6 nitrogen and oxygen atoms in total. The zero-order chi connectivity index (χ0) is 17.8. The standard InChI is InChI=1S/C18H23FN2O4/c19-15-4-2-1-3-14(15)17(20-7-9-25-10-8-20)18(24)21-6-5-13(12-21)11-16(22)23/h1-4,13,17H,5-12H2,(H,22,23)/t13-,17?/m1/s1. The average Bonchev–Trinajstić information content (AvgIpc) is 3.05. The van der Waals surface area contributed by atoms with Crippen LogP contribution in [0.3, 0.4) is 0 Å². The van der Waals surface area contributed by atoms with Crippen molar-refractivity contribution in [2.75, 3.05) is 39.4 Å². The zero-order valence-electron chi connectivity index (χ0n) is 14.1. The molecule has 0 saturated carbocycles. The number of amides is 1. The van der Waals surface area contributed by atoms with Crippen LogP contribution in [-0.4, -0.2) is 66.2 Å². The topological polar surface area (TPSA) is 70.1 Å². The Bertz CT molecular complexity index is 633. The molecule has 2 aliphatic heterocycles. The van der Waals surface area contributed by atoms with Crippen LogP contribution >= 0.6 is 0 Å². The largest absolute Gasteiger partial charge is 0.481 e. The molecule has 1 N–H and O–H groups in total. The smallest absolute Gasteiger partial charge is 0.303 e. The summed E-state index contributed by atoms with van der Waals surface area (Å²) < 4.78 is 19.7. The number of carboxylic acid groups (broad SMARTS) is 1. The molecule has 3 rings (SSSR count). The Hall–Kier alpha value is -1.99. The minimum atomic E-state index is -0.849. The molecule has 1 aromatic rings. The molecule has 2 atom stereocenters. The summed E-state index contributed by atoms with van der Waals surface area (Å²) in [7, 11) is 0. The van der Waals surface area contributed by atoms with E-state index in [1.807, 2.05) is 4.90 Å². The van der Waals surface area contributed by atoms with Gasteiger partial charge < -0.3 is 14.7 Å². The first-order valence-corrected chi connectivity index (χ1v) is 8.63. The molecule has 0 spiro atoms. The van der Waals surface area contributed by atoms with E-state index in [9.17, 15) is 14.0 Å². The number of hydrogen-bond donors (Lipinski definition) is 1. The molecule has 0 bridgehead atoms. The Morgan fingerprint density at radius 1 is 1.24 bits per heavy atom. The first-order chi connectivity index (χ1) is 12.1. The number of morpholine rings is 1. The number of carbonyl (C=O) groups excluding carboxylic acids is 1. The fraction of sp³-hybridized carbons (Fsp3) is 0.556. The average molecular weight is 350 g/mol. The molecule has 0 aliphatic carbocycles. The van der Waals surface area contributed by atoms with Crippen LogP contribution in [0.5, 0.6) is 0 Å². The van der Waals surface area contributed by atoms with Crippen LogP contribution in [0.15, 0.2) is 24.3 Å². The van der Waals surface area contributed by atoms with Gasteiger partial charge in [-0.15, -0.1) is 0 Å². The van der Waals surface area contributed by atoms with Gasteiger partial charge >= 0.3 is 5.97 Å². The van der Waals surface area contributed by atoms with Gasteiger partial charge in [-0.1, -0.05) is 18.2 Å². The molecule has 25 heavy (non-hydrogen) atoms. The number of halogens is 1. The van der Waals surface area contributed by atoms with Crippen LogP contribution in [-0.2, 0) is 14.3 Å². The van der Waals surface area contributed by atoms with E-state index >= 15 is 0 Å². The quantitative estimate of drug-likeness (QED) is 0.872. The molecular formula is C18H23FN2O4. The highest BCUT2D eigenvalue weighted by Gasteiger charge is 2.37. The fourth-order valence-corrected chi connectivity index (χ4v) is 3.64. The Labute approximate surface area is 146 Å². The van der Waals surface area contributed by atoms with Crippen LogP contribution in [0, 0.1) is 11.7 Å². The molecular weight excluding hydrogens is 327 g/mol. The second-order valence-corrected chi connectivity index (χ2v) is 6.61. The number of ether oxygens (including phenoxy) is 1. The number of likely N-dealkylation sites (tertiary alicyclic amines) is 1. The summed E-state index contributed by atoms with van der Waals surface area (Å²) in [5, 5.41) is 8.95. The number of carboxylic acids is 1. The molecule has 0 aromatic heterocycles. The van der Waals surface area contributed by atoms with Crippen molar-refractivity contribution >= 4 is 11.9 Å². The van der Waals surface area contributed by atoms with E-state index in [-0.39, 0.29) is 18.2 Å². The summed E-state index contributed by atoms with van der Waals surface area (Å²) in [6, 6.07) is 5.67. The van der Waals surface area contributed by atoms with Gasteiger partial charge in [0, 0.05) is 38.2 Å². The molecule has 2 saturated heterocycles. The van der Waals surface area contributed by atoms with Gasteiger partial charge in [0.25, 0.3) is 0 Å². The highest BCUT2D eigenvalue weighted by molar-refractivity contribution is 5.83. The van der Waals surface area contributed by atoms with E-state index in [0.29, 0.717) is 51.4 Å². The second-order valence-electron chi connectivity index (χ2n) is 6.61. The van der Waals surface area contributed by atoms with Gasteiger partial charge in [0.15, 0.2) is 0 Å². The number of nitrogens with zero attached hydrogens (tertiary/aromatic N) is 2. The molecule has 1 amide bonds. The lowest BCUT2D eigenvalue weighted by atomic mass is 10.0. The molecule has 2 fully saturated rings. The van der Waals surface area contributed by atoms with Crippen LogP contribution in [0.4, 0.5) is 4.39 Å². The van der Waals surface area contributed by atoms with Crippen LogP contribution in [0.2, 0.25) is 0 Å². The second kappa shape index (κ2) is 7.93. The predicted molar refractivity (Wildman–Crippen MR) is 88.5 cm³/mol. The van der Waals surface area contributed by atoms with Gasteiger partial charge in [0.2, 0.25) is 5.91 Å². The van der Waals surface area contributed by atoms with Crippen molar-refractivity contribution in [2.45, 2.75) is 18.9 Å². The summed E-state index contributed by atoms with van der Waals surface area (Å²) in [4.78, 5) is 27.7. The SMILES string of the molecule is O=C(O)C[C@H]1CCN(C(=O)C(c2ccccc2F)N2CCOCC2)C1. The molecule has 1 aromatic carbocycles. The fourth-order valence-electron chi connectivity index (χ4n) is 3.64. The molecule has 1 unspecified atom stereocenters. The Morgan fingerprint density at radius 3 is 2.64 bits per heavy atom. The first kappa shape index (κ1) is 17.8. The third-order valence-electron chi connectivity index (χ3n) is 4.91. The normalized spacial score (nSPS) is 22.8. The van der Waals surface area contributed by atoms with Crippen molar-refractivity contribution in [3.05, 3.63) is 35.6 Å². The van der Waals surface area contributed by atoms with Gasteiger partial charge in [0.1, 0.15) is 11.9 Å². The van der Waals surface area contributed by atoms with E-state index in [0.717, 1.165) is 0 Å². The minimum Gasteiger partial charge on any atom is -0.481 e. The number of rotatable bonds is 5. The third kappa shape index (κ3) is 4.16. The predicted octanol–water partition coefficient (Wildman–Crippen LogP) is 1.52. The lowest BCUT2D eigenvalue weighted by Gasteiger charge is -2.36. The maximum atomic E-state index is 14.4. The zero-order valence-corrected chi connectivity index (χ0v) is 14.1. The summed E-state index contributed by atoms with van der Waals surface area (Å²) in [5.74, 6) is -1.43. The van der Waals surface area contributed by atoms with Crippen molar-refractivity contribution < 1.29 is 23.8 Å². The lowest BCUT2D eigenvalue weighted by molar-refractivity contribution is -0.140. The van der Waals surface area contributed by atoms with E-state index in [4.69, 9.17) is 9.84 Å². The molecule has 7 heteroatoms. The van der Waals surface area contributed by atoms with Crippen molar-refractivity contribution in [3.8, 4) is 0 Å². The van der Waals surface area contributed by atoms with E-state index in [1.54, 1.807) is 23.1 Å². The van der Waals surface area contributed by atoms with E-state index in [2.05, 4.69) is 0 Å². The van der Waals surface area contributed by atoms with Gasteiger partial charge in [-0.25, -0.2) is 4.39 Å². The van der Waals surface area contributed by atoms with Crippen LogP contribution in [0.25, 0.3) is 0 Å². The molecule has 2 heterocycles. The summed E-state index contributed by atoms with van der Waals surface area (Å²) in [5.41, 5.74) is 0.371. The maximum absolute atomic E-state index is 14.4. The Morgan fingerprint density at radius 2 is 1.96 bits per heavy atom. The lowest BCUT2D eigenvalue weighted by Crippen LogP contribution is -2.47. The first-order valence-electron chi connectivity index (χ1n) is 8.63. The van der Waals surface area contributed by atoms with Gasteiger partial charge in [-0.2, -0.15) is 0 Å². The van der Waals surface area contributed by atoms with Crippen molar-refractivity contribution in [1.29, 1.82) is 0 Å².